The standard InChI is InChI=1S/C15H11F3N4O2/c1-8-6-10(9-4-3-5-19-7-9)11(13(23)24-2)12-20-14(15(16,17)18)21-22(8)12/h3-7H,1-2H3. The zero-order valence-corrected chi connectivity index (χ0v) is 12.6. The molecule has 0 N–H and O–H groups in total. The third kappa shape index (κ3) is 2.57. The number of methoxy groups -OCH3 is 1. The van der Waals surface area contributed by atoms with Crippen LogP contribution in [-0.4, -0.2) is 32.7 Å². The SMILES string of the molecule is COC(=O)c1c(-c2cccnc2)cc(C)n2nc(C(F)(F)F)nc12. The van der Waals surface area contributed by atoms with E-state index in [0.717, 1.165) is 11.6 Å². The molecule has 0 aromatic carbocycles. The Labute approximate surface area is 133 Å². The Hall–Kier alpha value is -2.97. The summed E-state index contributed by atoms with van der Waals surface area (Å²) in [7, 11) is 1.15. The third-order valence-corrected chi connectivity index (χ3v) is 3.40. The van der Waals surface area contributed by atoms with Gasteiger partial charge in [0.25, 0.3) is 5.82 Å². The van der Waals surface area contributed by atoms with Crippen molar-refractivity contribution in [1.29, 1.82) is 0 Å². The summed E-state index contributed by atoms with van der Waals surface area (Å²) in [6, 6.07) is 4.89. The van der Waals surface area contributed by atoms with E-state index in [0.29, 0.717) is 16.8 Å². The molecule has 0 aliphatic heterocycles. The van der Waals surface area contributed by atoms with E-state index in [9.17, 15) is 18.0 Å². The van der Waals surface area contributed by atoms with Crippen LogP contribution in [0.3, 0.4) is 0 Å². The van der Waals surface area contributed by atoms with Crippen LogP contribution < -0.4 is 0 Å². The average molecular weight is 336 g/mol. The summed E-state index contributed by atoms with van der Waals surface area (Å²) in [5, 5.41) is 3.45. The smallest absolute Gasteiger partial charge is 0.453 e. The van der Waals surface area contributed by atoms with Crippen LogP contribution in [0, 0.1) is 6.92 Å². The predicted molar refractivity (Wildman–Crippen MR) is 77.3 cm³/mol. The molecule has 0 atom stereocenters. The van der Waals surface area contributed by atoms with Crippen molar-refractivity contribution in [2.75, 3.05) is 7.11 Å². The predicted octanol–water partition coefficient (Wildman–Crippen LogP) is 2.91. The highest BCUT2D eigenvalue weighted by Gasteiger charge is 2.37. The van der Waals surface area contributed by atoms with Crippen LogP contribution in [0.25, 0.3) is 16.8 Å². The van der Waals surface area contributed by atoms with Crippen LogP contribution in [0.1, 0.15) is 21.9 Å². The van der Waals surface area contributed by atoms with E-state index in [1.807, 2.05) is 0 Å². The van der Waals surface area contributed by atoms with E-state index < -0.39 is 18.0 Å². The van der Waals surface area contributed by atoms with Gasteiger partial charge in [0.1, 0.15) is 5.56 Å². The van der Waals surface area contributed by atoms with Crippen molar-refractivity contribution in [1.82, 2.24) is 19.6 Å². The molecule has 3 rings (SSSR count). The van der Waals surface area contributed by atoms with Crippen molar-refractivity contribution in [3.8, 4) is 11.1 Å². The summed E-state index contributed by atoms with van der Waals surface area (Å²) in [5.41, 5.74) is 1.01. The summed E-state index contributed by atoms with van der Waals surface area (Å²) in [6.07, 6.45) is -1.68. The molecule has 0 amide bonds. The molecular weight excluding hydrogens is 325 g/mol. The number of aromatic nitrogens is 4. The molecule has 0 saturated carbocycles. The molecule has 9 heteroatoms. The van der Waals surface area contributed by atoms with Gasteiger partial charge in [-0.1, -0.05) is 6.07 Å². The Bertz CT molecular complexity index is 920. The van der Waals surface area contributed by atoms with Crippen molar-refractivity contribution >= 4 is 11.6 Å². The number of hydrogen-bond acceptors (Lipinski definition) is 5. The number of hydrogen-bond donors (Lipinski definition) is 0. The number of nitrogens with zero attached hydrogens (tertiary/aromatic N) is 4. The number of fused-ring (bicyclic) bond motifs is 1. The number of rotatable bonds is 2. The zero-order valence-electron chi connectivity index (χ0n) is 12.6. The van der Waals surface area contributed by atoms with Gasteiger partial charge >= 0.3 is 12.1 Å². The third-order valence-electron chi connectivity index (χ3n) is 3.40. The van der Waals surface area contributed by atoms with E-state index in [-0.39, 0.29) is 11.2 Å². The van der Waals surface area contributed by atoms with Crippen LogP contribution in [-0.2, 0) is 10.9 Å². The van der Waals surface area contributed by atoms with Gasteiger partial charge in [-0.15, -0.1) is 5.10 Å². The molecule has 0 radical (unpaired) electrons. The second-order valence-electron chi connectivity index (χ2n) is 4.98. The molecule has 0 aliphatic rings. The highest BCUT2D eigenvalue weighted by molar-refractivity contribution is 6.03. The highest BCUT2D eigenvalue weighted by Crippen LogP contribution is 2.31. The Kier molecular flexibility index (Phi) is 3.70. The van der Waals surface area contributed by atoms with Crippen LogP contribution in [0.4, 0.5) is 13.2 Å². The highest BCUT2D eigenvalue weighted by atomic mass is 19.4. The summed E-state index contributed by atoms with van der Waals surface area (Å²) in [4.78, 5) is 19.7. The molecule has 0 saturated heterocycles. The Balaban J connectivity index is 2.39. The van der Waals surface area contributed by atoms with Gasteiger partial charge < -0.3 is 4.74 Å². The number of halogens is 3. The van der Waals surface area contributed by atoms with Crippen molar-refractivity contribution in [3.05, 3.63) is 47.7 Å². The average Bonchev–Trinajstić information content (AvgIpc) is 3.01. The zero-order chi connectivity index (χ0) is 17.5. The first kappa shape index (κ1) is 15.9. The first-order chi connectivity index (χ1) is 11.3. The van der Waals surface area contributed by atoms with Crippen LogP contribution in [0.2, 0.25) is 0 Å². The van der Waals surface area contributed by atoms with E-state index in [4.69, 9.17) is 4.74 Å². The molecule has 6 nitrogen and oxygen atoms in total. The van der Waals surface area contributed by atoms with E-state index >= 15 is 0 Å². The lowest BCUT2D eigenvalue weighted by atomic mass is 10.0. The molecule has 24 heavy (non-hydrogen) atoms. The minimum absolute atomic E-state index is 0.0981. The van der Waals surface area contributed by atoms with E-state index in [1.165, 1.54) is 6.20 Å². The van der Waals surface area contributed by atoms with Crippen molar-refractivity contribution in [2.45, 2.75) is 13.1 Å². The number of carbonyl (C=O) groups excluding carboxylic acids is 1. The molecule has 3 aromatic heterocycles. The number of alkyl halides is 3. The van der Waals surface area contributed by atoms with Gasteiger partial charge in [0.2, 0.25) is 0 Å². The summed E-state index contributed by atoms with van der Waals surface area (Å²) >= 11 is 0. The molecule has 0 unspecified atom stereocenters. The normalized spacial score (nSPS) is 11.7. The topological polar surface area (TPSA) is 69.4 Å². The van der Waals surface area contributed by atoms with E-state index in [2.05, 4.69) is 15.1 Å². The molecule has 0 aliphatic carbocycles. The summed E-state index contributed by atoms with van der Waals surface area (Å²) < 4.78 is 44.5. The molecule has 3 heterocycles. The number of aryl methyl sites for hydroxylation is 1. The Morgan fingerprint density at radius 3 is 2.67 bits per heavy atom. The Morgan fingerprint density at radius 1 is 1.33 bits per heavy atom. The fourth-order valence-electron chi connectivity index (χ4n) is 2.36. The van der Waals surface area contributed by atoms with Gasteiger partial charge in [-0.2, -0.15) is 13.2 Å². The lowest BCUT2D eigenvalue weighted by Crippen LogP contribution is -2.09. The fraction of sp³-hybridized carbons (Fsp3) is 0.200. The van der Waals surface area contributed by atoms with Gasteiger partial charge in [-0.3, -0.25) is 4.98 Å². The molecule has 124 valence electrons. The molecule has 0 spiro atoms. The molecule has 3 aromatic rings. The second kappa shape index (κ2) is 5.59. The largest absolute Gasteiger partial charge is 0.465 e. The lowest BCUT2D eigenvalue weighted by Gasteiger charge is -2.10. The van der Waals surface area contributed by atoms with Gasteiger partial charge in [0, 0.05) is 29.2 Å². The quantitative estimate of drug-likeness (QED) is 0.673. The summed E-state index contributed by atoms with van der Waals surface area (Å²) in [5.74, 6) is -2.13. The number of esters is 1. The number of pyridine rings is 2. The van der Waals surface area contributed by atoms with Crippen LogP contribution >= 0.6 is 0 Å². The fourth-order valence-corrected chi connectivity index (χ4v) is 2.36. The minimum Gasteiger partial charge on any atom is -0.465 e. The monoisotopic (exact) mass is 336 g/mol. The Morgan fingerprint density at radius 2 is 2.08 bits per heavy atom. The minimum atomic E-state index is -4.72. The van der Waals surface area contributed by atoms with Crippen LogP contribution in [0.15, 0.2) is 30.6 Å². The first-order valence-electron chi connectivity index (χ1n) is 6.79. The molecular formula is C15H11F3N4O2. The maximum Gasteiger partial charge on any atom is 0.453 e. The van der Waals surface area contributed by atoms with Gasteiger partial charge in [0.15, 0.2) is 5.65 Å². The summed E-state index contributed by atoms with van der Waals surface area (Å²) in [6.45, 7) is 1.57. The van der Waals surface area contributed by atoms with Crippen molar-refractivity contribution in [2.24, 2.45) is 0 Å². The second-order valence-corrected chi connectivity index (χ2v) is 4.98. The van der Waals surface area contributed by atoms with Gasteiger partial charge in [-0.25, -0.2) is 14.3 Å². The number of ether oxygens (including phenoxy) is 1. The molecule has 0 fully saturated rings. The maximum absolute atomic E-state index is 12.9. The van der Waals surface area contributed by atoms with Gasteiger partial charge in [-0.05, 0) is 19.1 Å². The number of carbonyl (C=O) groups is 1. The first-order valence-corrected chi connectivity index (χ1v) is 6.79. The molecule has 0 bridgehead atoms. The van der Waals surface area contributed by atoms with Crippen molar-refractivity contribution < 1.29 is 22.7 Å². The van der Waals surface area contributed by atoms with Crippen molar-refractivity contribution in [3.63, 3.8) is 0 Å². The lowest BCUT2D eigenvalue weighted by molar-refractivity contribution is -0.144. The van der Waals surface area contributed by atoms with E-state index in [1.54, 1.807) is 31.3 Å². The van der Waals surface area contributed by atoms with Gasteiger partial charge in [0.05, 0.1) is 7.11 Å². The maximum atomic E-state index is 12.9. The van der Waals surface area contributed by atoms with Crippen LogP contribution in [0.5, 0.6) is 0 Å².